The molecule has 0 spiro atoms. The summed E-state index contributed by atoms with van der Waals surface area (Å²) in [6.45, 7) is 4.39. The summed E-state index contributed by atoms with van der Waals surface area (Å²) in [7, 11) is -0.460. The quantitative estimate of drug-likeness (QED) is 0.470. The van der Waals surface area contributed by atoms with Gasteiger partial charge in [0.25, 0.3) is 0 Å². The molecule has 0 radical (unpaired) electrons. The highest BCUT2D eigenvalue weighted by Crippen LogP contribution is 2.30. The highest BCUT2D eigenvalue weighted by molar-refractivity contribution is 7.89. The number of sulfonamides is 1. The molecule has 2 aromatic carbocycles. The highest BCUT2D eigenvalue weighted by atomic mass is 32.2. The number of thiazole rings is 1. The minimum Gasteiger partial charge on any atom is -0.493 e. The minimum atomic E-state index is -3.56. The molecule has 32 heavy (non-hydrogen) atoms. The Balaban J connectivity index is 1.76. The number of nitrogens with zero attached hydrogens (tertiary/aromatic N) is 2. The number of carbonyl (C=O) groups excluding carboxylic acids is 1. The third kappa shape index (κ3) is 5.09. The Labute approximate surface area is 191 Å². The van der Waals surface area contributed by atoms with Gasteiger partial charge in [0.2, 0.25) is 15.9 Å². The molecule has 0 aliphatic rings. The van der Waals surface area contributed by atoms with Gasteiger partial charge in [-0.2, -0.15) is 4.31 Å². The second kappa shape index (κ2) is 10.1. The summed E-state index contributed by atoms with van der Waals surface area (Å²) >= 11 is 1.22. The van der Waals surface area contributed by atoms with E-state index in [1.807, 2.05) is 0 Å². The summed E-state index contributed by atoms with van der Waals surface area (Å²) in [5, 5.41) is 3.11. The highest BCUT2D eigenvalue weighted by Gasteiger charge is 2.22. The largest absolute Gasteiger partial charge is 0.493 e. The lowest BCUT2D eigenvalue weighted by molar-refractivity contribution is -0.111. The van der Waals surface area contributed by atoms with Crippen molar-refractivity contribution in [2.24, 2.45) is 0 Å². The fraction of sp³-hybridized carbons (Fsp3) is 0.273. The molecule has 170 valence electrons. The molecule has 0 bridgehead atoms. The maximum atomic E-state index is 12.7. The van der Waals surface area contributed by atoms with Crippen LogP contribution in [-0.4, -0.2) is 50.9 Å². The first-order valence-electron chi connectivity index (χ1n) is 9.94. The Morgan fingerprint density at radius 2 is 1.81 bits per heavy atom. The fourth-order valence-electron chi connectivity index (χ4n) is 3.11. The van der Waals surface area contributed by atoms with Crippen LogP contribution in [0.15, 0.2) is 47.4 Å². The van der Waals surface area contributed by atoms with Crippen molar-refractivity contribution in [3.8, 4) is 11.5 Å². The third-order valence-corrected chi connectivity index (χ3v) is 7.75. The fourth-order valence-corrected chi connectivity index (χ4v) is 5.57. The molecule has 0 aliphatic heterocycles. The van der Waals surface area contributed by atoms with Crippen LogP contribution in [-0.2, 0) is 14.8 Å². The normalized spacial score (nSPS) is 11.9. The van der Waals surface area contributed by atoms with E-state index in [2.05, 4.69) is 10.3 Å². The first-order chi connectivity index (χ1) is 15.3. The van der Waals surface area contributed by atoms with E-state index < -0.39 is 10.0 Å². The number of anilines is 1. The van der Waals surface area contributed by atoms with Crippen LogP contribution in [0.25, 0.3) is 16.3 Å². The van der Waals surface area contributed by atoms with Crippen molar-refractivity contribution in [2.75, 3.05) is 32.6 Å². The number of rotatable bonds is 9. The SMILES string of the molecule is CCN(CC)S(=O)(=O)c1ccc2nc(NC(=O)C=Cc3ccc(OC)c(OC)c3)sc2c1. The molecule has 1 amide bonds. The molecule has 3 aromatic rings. The van der Waals surface area contributed by atoms with Crippen LogP contribution in [0.5, 0.6) is 11.5 Å². The van der Waals surface area contributed by atoms with Gasteiger partial charge in [-0.25, -0.2) is 13.4 Å². The molecule has 0 saturated heterocycles. The van der Waals surface area contributed by atoms with Crippen molar-refractivity contribution in [1.82, 2.24) is 9.29 Å². The van der Waals surface area contributed by atoms with Crippen molar-refractivity contribution in [2.45, 2.75) is 18.7 Å². The van der Waals surface area contributed by atoms with Crippen LogP contribution in [0.4, 0.5) is 5.13 Å². The lowest BCUT2D eigenvalue weighted by Gasteiger charge is -2.18. The molecular formula is C22H25N3O5S2. The van der Waals surface area contributed by atoms with E-state index in [4.69, 9.17) is 9.47 Å². The van der Waals surface area contributed by atoms with Crippen molar-refractivity contribution in [3.63, 3.8) is 0 Å². The number of carbonyl (C=O) groups is 1. The number of methoxy groups -OCH3 is 2. The minimum absolute atomic E-state index is 0.212. The molecule has 3 rings (SSSR count). The average Bonchev–Trinajstić information content (AvgIpc) is 3.19. The summed E-state index contributed by atoms with van der Waals surface area (Å²) < 4.78 is 38.0. The monoisotopic (exact) mass is 475 g/mol. The van der Waals surface area contributed by atoms with E-state index >= 15 is 0 Å². The lowest BCUT2D eigenvalue weighted by Crippen LogP contribution is -2.30. The van der Waals surface area contributed by atoms with E-state index in [9.17, 15) is 13.2 Å². The van der Waals surface area contributed by atoms with Crippen molar-refractivity contribution < 1.29 is 22.7 Å². The average molecular weight is 476 g/mol. The van der Waals surface area contributed by atoms with Gasteiger partial charge in [0.1, 0.15) is 0 Å². The topological polar surface area (TPSA) is 97.8 Å². The third-order valence-electron chi connectivity index (χ3n) is 4.77. The van der Waals surface area contributed by atoms with Crippen LogP contribution in [0.1, 0.15) is 19.4 Å². The molecule has 0 unspecified atom stereocenters. The second-order valence-corrected chi connectivity index (χ2v) is 9.64. The molecular weight excluding hydrogens is 450 g/mol. The molecule has 1 aromatic heterocycles. The Morgan fingerprint density at radius 1 is 1.09 bits per heavy atom. The van der Waals surface area contributed by atoms with E-state index in [0.717, 1.165) is 5.56 Å². The van der Waals surface area contributed by atoms with Crippen LogP contribution in [0.2, 0.25) is 0 Å². The van der Waals surface area contributed by atoms with E-state index in [1.165, 1.54) is 27.8 Å². The van der Waals surface area contributed by atoms with Gasteiger partial charge in [0, 0.05) is 19.2 Å². The molecule has 10 heteroatoms. The zero-order valence-electron chi connectivity index (χ0n) is 18.3. The van der Waals surface area contributed by atoms with Crippen LogP contribution in [0.3, 0.4) is 0 Å². The lowest BCUT2D eigenvalue weighted by atomic mass is 10.2. The summed E-state index contributed by atoms with van der Waals surface area (Å²) in [6, 6.07) is 10.1. The van der Waals surface area contributed by atoms with Crippen molar-refractivity contribution in [1.29, 1.82) is 0 Å². The number of fused-ring (bicyclic) bond motifs is 1. The van der Waals surface area contributed by atoms with Crippen LogP contribution >= 0.6 is 11.3 Å². The van der Waals surface area contributed by atoms with Gasteiger partial charge >= 0.3 is 0 Å². The Morgan fingerprint density at radius 3 is 2.47 bits per heavy atom. The maximum Gasteiger partial charge on any atom is 0.250 e. The number of benzene rings is 2. The van der Waals surface area contributed by atoms with Gasteiger partial charge in [0.05, 0.1) is 29.3 Å². The number of amides is 1. The number of hydrogen-bond acceptors (Lipinski definition) is 7. The number of ether oxygens (including phenoxy) is 2. The summed E-state index contributed by atoms with van der Waals surface area (Å²) in [5.74, 6) is 0.817. The van der Waals surface area contributed by atoms with Gasteiger partial charge in [-0.05, 0) is 42.0 Å². The number of aromatic nitrogens is 1. The molecule has 1 heterocycles. The van der Waals surface area contributed by atoms with Crippen molar-refractivity contribution >= 4 is 48.7 Å². The molecule has 0 aliphatic carbocycles. The second-order valence-electron chi connectivity index (χ2n) is 6.67. The van der Waals surface area contributed by atoms with E-state index in [-0.39, 0.29) is 10.8 Å². The Bertz CT molecular complexity index is 1250. The van der Waals surface area contributed by atoms with Crippen LogP contribution in [0, 0.1) is 0 Å². The summed E-state index contributed by atoms with van der Waals surface area (Å²) in [5.41, 5.74) is 1.39. The number of nitrogens with one attached hydrogen (secondary N) is 1. The zero-order chi connectivity index (χ0) is 23.3. The predicted octanol–water partition coefficient (Wildman–Crippen LogP) is 4.00. The van der Waals surface area contributed by atoms with Crippen molar-refractivity contribution in [3.05, 3.63) is 48.0 Å². The van der Waals surface area contributed by atoms with E-state index in [0.29, 0.717) is 39.9 Å². The summed E-state index contributed by atoms with van der Waals surface area (Å²) in [4.78, 5) is 16.9. The smallest absolute Gasteiger partial charge is 0.250 e. The molecule has 0 saturated carbocycles. The zero-order valence-corrected chi connectivity index (χ0v) is 19.9. The van der Waals surface area contributed by atoms with Gasteiger partial charge in [0.15, 0.2) is 16.6 Å². The standard InChI is InChI=1S/C22H25N3O5S2/c1-5-25(6-2)32(27,28)16-9-10-17-20(14-16)31-22(23-17)24-21(26)12-8-15-7-11-18(29-3)19(13-15)30-4/h7-14H,5-6H2,1-4H3,(H,23,24,26). The molecule has 0 fully saturated rings. The van der Waals surface area contributed by atoms with Gasteiger partial charge in [-0.3, -0.25) is 10.1 Å². The maximum absolute atomic E-state index is 12.7. The Kier molecular flexibility index (Phi) is 7.49. The summed E-state index contributed by atoms with van der Waals surface area (Å²) in [6.07, 6.45) is 3.04. The first-order valence-corrected chi connectivity index (χ1v) is 12.2. The molecule has 0 atom stereocenters. The first kappa shape index (κ1) is 23.7. The predicted molar refractivity (Wildman–Crippen MR) is 127 cm³/mol. The Hall–Kier alpha value is -2.95. The number of hydrogen-bond donors (Lipinski definition) is 1. The van der Waals surface area contributed by atoms with Gasteiger partial charge in [-0.15, -0.1) is 0 Å². The molecule has 1 N–H and O–H groups in total. The van der Waals surface area contributed by atoms with E-state index in [1.54, 1.807) is 64.5 Å². The van der Waals surface area contributed by atoms with Crippen LogP contribution < -0.4 is 14.8 Å². The van der Waals surface area contributed by atoms with Gasteiger partial charge in [-0.1, -0.05) is 31.3 Å². The molecule has 8 nitrogen and oxygen atoms in total. The van der Waals surface area contributed by atoms with Gasteiger partial charge < -0.3 is 9.47 Å².